The van der Waals surface area contributed by atoms with E-state index in [4.69, 9.17) is 15.2 Å². The number of hydrogen-bond donors (Lipinski definition) is 1. The van der Waals surface area contributed by atoms with E-state index in [2.05, 4.69) is 16.8 Å². The van der Waals surface area contributed by atoms with Crippen molar-refractivity contribution in [3.63, 3.8) is 0 Å². The minimum atomic E-state index is -0.299. The summed E-state index contributed by atoms with van der Waals surface area (Å²) < 4.78 is 12.1. The first-order valence-electron chi connectivity index (χ1n) is 8.53. The summed E-state index contributed by atoms with van der Waals surface area (Å²) in [7, 11) is 0. The molecule has 3 rings (SSSR count). The molecule has 1 aliphatic carbocycles. The molecule has 3 aliphatic rings. The molecule has 2 saturated heterocycles. The topological polar surface area (TPSA) is 60.1 Å². The van der Waals surface area contributed by atoms with Crippen LogP contribution >= 0.6 is 24.0 Å². The monoisotopic (exact) mass is 423 g/mol. The quantitative estimate of drug-likeness (QED) is 0.422. The molecule has 2 N–H and O–H groups in total. The van der Waals surface area contributed by atoms with Crippen LogP contribution in [-0.2, 0) is 9.47 Å². The van der Waals surface area contributed by atoms with Crippen LogP contribution in [0.3, 0.4) is 0 Å². The first kappa shape index (κ1) is 18.3. The fourth-order valence-corrected chi connectivity index (χ4v) is 3.75. The highest BCUT2D eigenvalue weighted by Crippen LogP contribution is 2.37. The summed E-state index contributed by atoms with van der Waals surface area (Å²) in [6.07, 6.45) is 8.38. The minimum Gasteiger partial charge on any atom is -0.370 e. The zero-order valence-corrected chi connectivity index (χ0v) is 16.0. The summed E-state index contributed by atoms with van der Waals surface area (Å²) in [4.78, 5) is 6.77. The highest BCUT2D eigenvalue weighted by Gasteiger charge is 2.42. The summed E-state index contributed by atoms with van der Waals surface area (Å²) in [5.74, 6) is 1.09. The summed E-state index contributed by atoms with van der Waals surface area (Å²) in [6.45, 7) is 5.62. The van der Waals surface area contributed by atoms with Crippen molar-refractivity contribution >= 4 is 29.9 Å². The van der Waals surface area contributed by atoms with E-state index in [9.17, 15) is 0 Å². The number of likely N-dealkylation sites (tertiary alicyclic amines) is 1. The summed E-state index contributed by atoms with van der Waals surface area (Å²) in [5, 5.41) is 0. The maximum Gasteiger partial charge on any atom is 0.191 e. The van der Waals surface area contributed by atoms with Crippen molar-refractivity contribution in [1.29, 1.82) is 0 Å². The maximum absolute atomic E-state index is 6.15. The van der Waals surface area contributed by atoms with Crippen LogP contribution < -0.4 is 5.73 Å². The average molecular weight is 423 g/mol. The van der Waals surface area contributed by atoms with Crippen molar-refractivity contribution in [3.05, 3.63) is 0 Å². The van der Waals surface area contributed by atoms with Gasteiger partial charge in [-0.1, -0.05) is 13.3 Å². The van der Waals surface area contributed by atoms with Crippen LogP contribution in [0, 0.1) is 5.92 Å². The van der Waals surface area contributed by atoms with Crippen LogP contribution in [0.5, 0.6) is 0 Å². The second kappa shape index (κ2) is 8.15. The van der Waals surface area contributed by atoms with Gasteiger partial charge in [-0.2, -0.15) is 0 Å². The first-order chi connectivity index (χ1) is 10.2. The van der Waals surface area contributed by atoms with E-state index in [1.807, 2.05) is 0 Å². The van der Waals surface area contributed by atoms with Crippen LogP contribution in [0.15, 0.2) is 4.99 Å². The Morgan fingerprint density at radius 3 is 2.77 bits per heavy atom. The fraction of sp³-hybridized carbons (Fsp3) is 0.938. The van der Waals surface area contributed by atoms with Crippen molar-refractivity contribution in [3.8, 4) is 0 Å². The molecule has 1 saturated carbocycles. The Hall–Kier alpha value is -0.0800. The summed E-state index contributed by atoms with van der Waals surface area (Å²) >= 11 is 0. The second-order valence-electron chi connectivity index (χ2n) is 6.91. The highest BCUT2D eigenvalue weighted by molar-refractivity contribution is 14.0. The molecule has 0 radical (unpaired) electrons. The standard InChI is InChI=1S/C16H29N3O2.HI/c1-13-6-5-9-19(11-13)15(17)18-10-14-12-20-16(21-14)7-3-2-4-8-16;/h13-14H,2-12H2,1H3,(H2,17,18);1H. The molecule has 128 valence electrons. The predicted molar refractivity (Wildman–Crippen MR) is 98.5 cm³/mol. The molecule has 2 unspecified atom stereocenters. The van der Waals surface area contributed by atoms with Gasteiger partial charge in [0, 0.05) is 25.9 Å². The number of nitrogens with two attached hydrogens (primary N) is 1. The minimum absolute atomic E-state index is 0. The number of piperidine rings is 1. The summed E-state index contributed by atoms with van der Waals surface area (Å²) in [6, 6.07) is 0. The molecule has 0 bridgehead atoms. The molecule has 0 aromatic rings. The zero-order chi connectivity index (χ0) is 14.7. The van der Waals surface area contributed by atoms with Crippen molar-refractivity contribution in [2.45, 2.75) is 63.8 Å². The molecular weight excluding hydrogens is 393 g/mol. The molecule has 2 heterocycles. The van der Waals surface area contributed by atoms with Gasteiger partial charge in [-0.3, -0.25) is 4.99 Å². The molecule has 0 aromatic carbocycles. The molecule has 0 amide bonds. The van der Waals surface area contributed by atoms with Crippen molar-refractivity contribution in [1.82, 2.24) is 4.90 Å². The van der Waals surface area contributed by atoms with Gasteiger partial charge >= 0.3 is 0 Å². The van der Waals surface area contributed by atoms with E-state index >= 15 is 0 Å². The van der Waals surface area contributed by atoms with E-state index in [0.717, 1.165) is 25.9 Å². The number of nitrogens with zero attached hydrogens (tertiary/aromatic N) is 2. The normalized spacial score (nSPS) is 32.0. The van der Waals surface area contributed by atoms with Gasteiger partial charge in [0.25, 0.3) is 0 Å². The molecule has 1 spiro atoms. The van der Waals surface area contributed by atoms with Gasteiger partial charge in [0.1, 0.15) is 6.10 Å². The summed E-state index contributed by atoms with van der Waals surface area (Å²) in [5.41, 5.74) is 6.14. The van der Waals surface area contributed by atoms with E-state index in [1.54, 1.807) is 0 Å². The predicted octanol–water partition coefficient (Wildman–Crippen LogP) is 2.73. The first-order valence-corrected chi connectivity index (χ1v) is 8.53. The Morgan fingerprint density at radius 2 is 2.05 bits per heavy atom. The van der Waals surface area contributed by atoms with Gasteiger partial charge in [-0.15, -0.1) is 24.0 Å². The number of halogens is 1. The lowest BCUT2D eigenvalue weighted by atomic mass is 9.94. The third-order valence-electron chi connectivity index (χ3n) is 4.97. The fourth-order valence-electron chi connectivity index (χ4n) is 3.75. The largest absolute Gasteiger partial charge is 0.370 e. The average Bonchev–Trinajstić information content (AvgIpc) is 2.88. The molecule has 6 heteroatoms. The van der Waals surface area contributed by atoms with Crippen LogP contribution in [0.1, 0.15) is 51.9 Å². The molecule has 3 fully saturated rings. The number of aliphatic imine (C=N–C) groups is 1. The number of ether oxygens (including phenoxy) is 2. The van der Waals surface area contributed by atoms with Crippen molar-refractivity contribution in [2.24, 2.45) is 16.6 Å². The third kappa shape index (κ3) is 4.47. The van der Waals surface area contributed by atoms with Crippen LogP contribution in [-0.4, -0.2) is 49.0 Å². The van der Waals surface area contributed by atoms with E-state index in [-0.39, 0.29) is 35.9 Å². The second-order valence-corrected chi connectivity index (χ2v) is 6.91. The molecule has 22 heavy (non-hydrogen) atoms. The Bertz CT molecular complexity index is 386. The van der Waals surface area contributed by atoms with Gasteiger partial charge in [0.05, 0.1) is 13.2 Å². The van der Waals surface area contributed by atoms with E-state index < -0.39 is 0 Å². The zero-order valence-electron chi connectivity index (χ0n) is 13.6. The Kier molecular flexibility index (Phi) is 6.76. The third-order valence-corrected chi connectivity index (χ3v) is 4.97. The van der Waals surface area contributed by atoms with Crippen LogP contribution in [0.4, 0.5) is 0 Å². The van der Waals surface area contributed by atoms with Gasteiger partial charge in [0.15, 0.2) is 11.7 Å². The van der Waals surface area contributed by atoms with E-state index in [0.29, 0.717) is 25.0 Å². The SMILES string of the molecule is CC1CCCN(C(N)=NCC2COC3(CCCCC3)O2)C1.I. The van der Waals surface area contributed by atoms with Gasteiger partial charge < -0.3 is 20.1 Å². The van der Waals surface area contributed by atoms with Crippen LogP contribution in [0.2, 0.25) is 0 Å². The number of hydrogen-bond acceptors (Lipinski definition) is 3. The van der Waals surface area contributed by atoms with Gasteiger partial charge in [-0.25, -0.2) is 0 Å². The smallest absolute Gasteiger partial charge is 0.191 e. The lowest BCUT2D eigenvalue weighted by molar-refractivity contribution is -0.186. The maximum atomic E-state index is 6.15. The van der Waals surface area contributed by atoms with Gasteiger partial charge in [-0.05, 0) is 31.6 Å². The van der Waals surface area contributed by atoms with E-state index in [1.165, 1.54) is 32.1 Å². The Labute approximate surface area is 151 Å². The Balaban J connectivity index is 0.00000176. The van der Waals surface area contributed by atoms with Crippen molar-refractivity contribution < 1.29 is 9.47 Å². The Morgan fingerprint density at radius 1 is 1.27 bits per heavy atom. The molecular formula is C16H30IN3O2. The lowest BCUT2D eigenvalue weighted by Gasteiger charge is -2.32. The van der Waals surface area contributed by atoms with Crippen molar-refractivity contribution in [2.75, 3.05) is 26.2 Å². The highest BCUT2D eigenvalue weighted by atomic mass is 127. The molecule has 0 aromatic heterocycles. The lowest BCUT2D eigenvalue weighted by Crippen LogP contribution is -2.44. The molecule has 2 atom stereocenters. The molecule has 5 nitrogen and oxygen atoms in total. The number of guanidine groups is 1. The number of rotatable bonds is 2. The molecule has 2 aliphatic heterocycles. The van der Waals surface area contributed by atoms with Crippen LogP contribution in [0.25, 0.3) is 0 Å². The van der Waals surface area contributed by atoms with Gasteiger partial charge in [0.2, 0.25) is 0 Å².